The van der Waals surface area contributed by atoms with Gasteiger partial charge in [-0.15, -0.1) is 5.10 Å². The number of hydrogen-bond donors (Lipinski definition) is 3. The van der Waals surface area contributed by atoms with Crippen LogP contribution in [0.4, 0.5) is 0 Å². The Bertz CT molecular complexity index is 1190. The summed E-state index contributed by atoms with van der Waals surface area (Å²) in [4.78, 5) is 15.8. The maximum atomic E-state index is 12.8. The van der Waals surface area contributed by atoms with Crippen molar-refractivity contribution in [3.8, 4) is 11.9 Å². The van der Waals surface area contributed by atoms with E-state index in [-0.39, 0.29) is 17.0 Å². The number of aryl methyl sites for hydroxylation is 3. The number of H-pyrrole nitrogens is 2. The number of ether oxygens (including phenoxy) is 1. The van der Waals surface area contributed by atoms with Gasteiger partial charge in [-0.05, 0) is 55.5 Å². The third-order valence-corrected chi connectivity index (χ3v) is 4.93. The lowest BCUT2D eigenvalue weighted by Gasteiger charge is -2.23. The van der Waals surface area contributed by atoms with Crippen LogP contribution in [0.1, 0.15) is 33.9 Å². The van der Waals surface area contributed by atoms with Gasteiger partial charge in [0.15, 0.2) is 0 Å². The Hall–Kier alpha value is -3.53. The number of hydrogen-bond acceptors (Lipinski definition) is 5. The molecule has 3 aromatic rings. The van der Waals surface area contributed by atoms with Crippen LogP contribution in [0.15, 0.2) is 34.4 Å². The second kappa shape index (κ2) is 5.49. The third-order valence-electron chi connectivity index (χ3n) is 4.93. The first kappa shape index (κ1) is 16.0. The van der Waals surface area contributed by atoms with Crippen molar-refractivity contribution < 1.29 is 4.74 Å². The number of nitrogens with one attached hydrogen (secondary N) is 2. The number of benzene rings is 1. The van der Waals surface area contributed by atoms with Gasteiger partial charge in [0.05, 0.1) is 5.92 Å². The molecule has 0 bridgehead atoms. The molecule has 4 N–H and O–H groups in total. The van der Waals surface area contributed by atoms with Gasteiger partial charge in [0, 0.05) is 22.3 Å². The third kappa shape index (κ3) is 2.19. The number of nitrogens with two attached hydrogens (primary N) is 1. The monoisotopic (exact) mass is 347 g/mol. The zero-order valence-electron chi connectivity index (χ0n) is 14.6. The Balaban J connectivity index is 2.04. The predicted molar refractivity (Wildman–Crippen MR) is 96.7 cm³/mol. The van der Waals surface area contributed by atoms with E-state index in [0.717, 1.165) is 27.7 Å². The number of aromatic nitrogens is 3. The van der Waals surface area contributed by atoms with Crippen LogP contribution in [0.3, 0.4) is 0 Å². The summed E-state index contributed by atoms with van der Waals surface area (Å²) in [6.45, 7) is 5.84. The van der Waals surface area contributed by atoms with Gasteiger partial charge in [-0.1, -0.05) is 0 Å². The SMILES string of the molecule is Cc1cc2cc([C@@H]3C(C#N)=C(N)Oc4n[nH]c(C)c43)c(=O)[nH]c2cc1C. The minimum absolute atomic E-state index is 0.0314. The van der Waals surface area contributed by atoms with Crippen molar-refractivity contribution in [3.05, 3.63) is 68.0 Å². The van der Waals surface area contributed by atoms with Crippen molar-refractivity contribution in [1.29, 1.82) is 5.26 Å². The van der Waals surface area contributed by atoms with E-state index in [2.05, 4.69) is 21.3 Å². The van der Waals surface area contributed by atoms with Crippen molar-refractivity contribution in [1.82, 2.24) is 15.2 Å². The van der Waals surface area contributed by atoms with Gasteiger partial charge in [-0.25, -0.2) is 0 Å². The number of fused-ring (bicyclic) bond motifs is 2. The van der Waals surface area contributed by atoms with Gasteiger partial charge >= 0.3 is 0 Å². The molecule has 0 amide bonds. The molecule has 7 heteroatoms. The molecule has 1 aliphatic heterocycles. The number of nitriles is 1. The fourth-order valence-electron chi connectivity index (χ4n) is 3.42. The molecule has 0 fully saturated rings. The maximum Gasteiger partial charge on any atom is 0.252 e. The van der Waals surface area contributed by atoms with E-state index >= 15 is 0 Å². The number of nitrogens with zero attached hydrogens (tertiary/aromatic N) is 2. The first-order valence-corrected chi connectivity index (χ1v) is 8.17. The van der Waals surface area contributed by atoms with Crippen LogP contribution in [0, 0.1) is 32.1 Å². The van der Waals surface area contributed by atoms with Crippen LogP contribution in [-0.2, 0) is 0 Å². The molecule has 0 unspecified atom stereocenters. The van der Waals surface area contributed by atoms with Gasteiger partial charge in [-0.3, -0.25) is 9.89 Å². The minimum atomic E-state index is -0.628. The second-order valence-corrected chi connectivity index (χ2v) is 6.57. The highest BCUT2D eigenvalue weighted by Crippen LogP contribution is 2.41. The first-order valence-electron chi connectivity index (χ1n) is 8.17. The molecule has 3 heterocycles. The number of rotatable bonds is 1. The molecule has 7 nitrogen and oxygen atoms in total. The van der Waals surface area contributed by atoms with Crippen LogP contribution in [0.25, 0.3) is 10.9 Å². The standard InChI is InChI=1S/C19H17N5O2/c1-8-4-11-6-12(18(25)22-14(11)5-9(8)2)16-13(7-20)17(21)26-19-15(16)10(3)23-24-19/h4-6,16H,21H2,1-3H3,(H,22,25)(H,23,24)/t16-/m1/s1. The van der Waals surface area contributed by atoms with E-state index in [4.69, 9.17) is 10.5 Å². The molecule has 1 aromatic carbocycles. The van der Waals surface area contributed by atoms with Crippen molar-refractivity contribution in [2.75, 3.05) is 0 Å². The molecule has 0 saturated carbocycles. The first-order chi connectivity index (χ1) is 12.4. The lowest BCUT2D eigenvalue weighted by Crippen LogP contribution is -2.25. The normalized spacial score (nSPS) is 16.3. The summed E-state index contributed by atoms with van der Waals surface area (Å²) in [6.07, 6.45) is 0. The van der Waals surface area contributed by atoms with Gasteiger partial charge in [0.25, 0.3) is 5.56 Å². The van der Waals surface area contributed by atoms with Crippen LogP contribution >= 0.6 is 0 Å². The molecule has 0 saturated heterocycles. The van der Waals surface area contributed by atoms with Gasteiger partial charge < -0.3 is 15.5 Å². The summed E-state index contributed by atoms with van der Waals surface area (Å²) in [5, 5.41) is 17.4. The predicted octanol–water partition coefficient (Wildman–Crippen LogP) is 2.39. The number of pyridine rings is 1. The molecular weight excluding hydrogens is 330 g/mol. The molecule has 1 aliphatic rings. The lowest BCUT2D eigenvalue weighted by atomic mass is 9.84. The fourth-order valence-corrected chi connectivity index (χ4v) is 3.42. The summed E-state index contributed by atoms with van der Waals surface area (Å²) >= 11 is 0. The van der Waals surface area contributed by atoms with E-state index in [1.165, 1.54) is 0 Å². The van der Waals surface area contributed by atoms with Gasteiger partial charge in [0.1, 0.15) is 11.6 Å². The summed E-state index contributed by atoms with van der Waals surface area (Å²) in [5.41, 5.74) is 10.7. The topological polar surface area (TPSA) is 121 Å². The highest BCUT2D eigenvalue weighted by atomic mass is 16.5. The summed E-state index contributed by atoms with van der Waals surface area (Å²) in [6, 6.07) is 7.88. The Morgan fingerprint density at radius 1 is 1.23 bits per heavy atom. The van der Waals surface area contributed by atoms with Gasteiger partial charge in [0.2, 0.25) is 11.8 Å². The number of allylic oxidation sites excluding steroid dienone is 1. The molecule has 0 spiro atoms. The van der Waals surface area contributed by atoms with Crippen LogP contribution < -0.4 is 16.0 Å². The Kier molecular flexibility index (Phi) is 3.37. The van der Waals surface area contributed by atoms with E-state index in [1.807, 2.05) is 39.0 Å². The van der Waals surface area contributed by atoms with Crippen molar-refractivity contribution >= 4 is 10.9 Å². The van der Waals surface area contributed by atoms with Crippen LogP contribution in [0.2, 0.25) is 0 Å². The van der Waals surface area contributed by atoms with E-state index < -0.39 is 5.92 Å². The molecule has 130 valence electrons. The largest absolute Gasteiger partial charge is 0.420 e. The van der Waals surface area contributed by atoms with Crippen LogP contribution in [0.5, 0.6) is 5.88 Å². The molecule has 2 aromatic heterocycles. The fraction of sp³-hybridized carbons (Fsp3) is 0.211. The van der Waals surface area contributed by atoms with E-state index in [9.17, 15) is 10.1 Å². The van der Waals surface area contributed by atoms with Gasteiger partial charge in [-0.2, -0.15) is 5.26 Å². The quantitative estimate of drug-likeness (QED) is 0.624. The van der Waals surface area contributed by atoms with E-state index in [1.54, 1.807) is 0 Å². The summed E-state index contributed by atoms with van der Waals surface area (Å²) in [5.74, 6) is -0.364. The smallest absolute Gasteiger partial charge is 0.252 e. The molecule has 1 atom stereocenters. The Labute approximate surface area is 149 Å². The average molecular weight is 347 g/mol. The summed E-state index contributed by atoms with van der Waals surface area (Å²) < 4.78 is 5.45. The zero-order valence-corrected chi connectivity index (χ0v) is 14.6. The second-order valence-electron chi connectivity index (χ2n) is 6.57. The Morgan fingerprint density at radius 2 is 1.96 bits per heavy atom. The molecule has 26 heavy (non-hydrogen) atoms. The number of aromatic amines is 2. The zero-order chi connectivity index (χ0) is 18.6. The average Bonchev–Trinajstić information content (AvgIpc) is 2.95. The van der Waals surface area contributed by atoms with Crippen molar-refractivity contribution in [3.63, 3.8) is 0 Å². The molecule has 0 radical (unpaired) electrons. The molecular formula is C19H17N5O2. The minimum Gasteiger partial charge on any atom is -0.420 e. The highest BCUT2D eigenvalue weighted by Gasteiger charge is 2.35. The van der Waals surface area contributed by atoms with Crippen molar-refractivity contribution in [2.45, 2.75) is 26.7 Å². The highest BCUT2D eigenvalue weighted by molar-refractivity contribution is 5.81. The summed E-state index contributed by atoms with van der Waals surface area (Å²) in [7, 11) is 0. The maximum absolute atomic E-state index is 12.8. The van der Waals surface area contributed by atoms with Crippen molar-refractivity contribution in [2.24, 2.45) is 5.73 Å². The molecule has 4 rings (SSSR count). The lowest BCUT2D eigenvalue weighted by molar-refractivity contribution is 0.378. The van der Waals surface area contributed by atoms with E-state index in [0.29, 0.717) is 17.0 Å². The van der Waals surface area contributed by atoms with Crippen LogP contribution in [-0.4, -0.2) is 15.2 Å². The molecule has 0 aliphatic carbocycles. The Morgan fingerprint density at radius 3 is 2.69 bits per heavy atom.